The molecule has 0 aliphatic rings. The fourth-order valence-electron chi connectivity index (χ4n) is 1.86. The van der Waals surface area contributed by atoms with Crippen LogP contribution in [0.3, 0.4) is 0 Å². The van der Waals surface area contributed by atoms with E-state index in [-0.39, 0.29) is 5.69 Å². The highest BCUT2D eigenvalue weighted by atomic mass is 79.9. The standard InChI is InChI=1S/C13H13BrN2O2/c1-8-15-11(12(16-8)13(17)18)6-5-9-3-2-4-10(14)7-9/h2-4,7H,5-6H2,1H3,(H,15,16)(H,17,18). The van der Waals surface area contributed by atoms with E-state index in [4.69, 9.17) is 5.11 Å². The zero-order chi connectivity index (χ0) is 13.1. The molecule has 0 bridgehead atoms. The molecule has 0 saturated carbocycles. The molecule has 0 aliphatic heterocycles. The number of rotatable bonds is 4. The first-order valence-corrected chi connectivity index (χ1v) is 6.39. The van der Waals surface area contributed by atoms with E-state index in [1.165, 1.54) is 0 Å². The maximum Gasteiger partial charge on any atom is 0.356 e. The first kappa shape index (κ1) is 12.8. The van der Waals surface area contributed by atoms with Crippen LogP contribution in [0.4, 0.5) is 0 Å². The summed E-state index contributed by atoms with van der Waals surface area (Å²) in [7, 11) is 0. The Morgan fingerprint density at radius 2 is 2.22 bits per heavy atom. The Bertz CT molecular complexity index is 578. The van der Waals surface area contributed by atoms with E-state index >= 15 is 0 Å². The Morgan fingerprint density at radius 1 is 1.44 bits per heavy atom. The number of carboxylic acid groups (broad SMARTS) is 1. The van der Waals surface area contributed by atoms with Crippen molar-refractivity contribution < 1.29 is 9.90 Å². The van der Waals surface area contributed by atoms with Gasteiger partial charge in [0.05, 0.1) is 0 Å². The topological polar surface area (TPSA) is 66.0 Å². The molecular formula is C13H13BrN2O2. The lowest BCUT2D eigenvalue weighted by molar-refractivity contribution is 0.0689. The summed E-state index contributed by atoms with van der Waals surface area (Å²) in [5.74, 6) is -0.347. The number of aryl methyl sites for hydroxylation is 3. The molecule has 2 N–H and O–H groups in total. The van der Waals surface area contributed by atoms with Crippen molar-refractivity contribution in [2.45, 2.75) is 19.8 Å². The third-order valence-electron chi connectivity index (χ3n) is 2.65. The molecule has 1 aromatic carbocycles. The average Bonchev–Trinajstić information content (AvgIpc) is 2.68. The van der Waals surface area contributed by atoms with Gasteiger partial charge in [-0.2, -0.15) is 0 Å². The number of carboxylic acids is 1. The molecule has 1 aromatic heterocycles. The lowest BCUT2D eigenvalue weighted by atomic mass is 10.1. The maximum absolute atomic E-state index is 11.0. The summed E-state index contributed by atoms with van der Waals surface area (Å²) in [6.45, 7) is 1.76. The molecule has 1 heterocycles. The minimum absolute atomic E-state index is 0.127. The van der Waals surface area contributed by atoms with Gasteiger partial charge in [-0.15, -0.1) is 0 Å². The van der Waals surface area contributed by atoms with Crippen molar-refractivity contribution in [2.24, 2.45) is 0 Å². The normalized spacial score (nSPS) is 10.6. The lowest BCUT2D eigenvalue weighted by Crippen LogP contribution is -2.03. The van der Waals surface area contributed by atoms with E-state index in [9.17, 15) is 4.79 Å². The summed E-state index contributed by atoms with van der Waals surface area (Å²) in [4.78, 5) is 18.0. The minimum atomic E-state index is -0.983. The molecule has 2 rings (SSSR count). The third kappa shape index (κ3) is 2.98. The molecule has 0 unspecified atom stereocenters. The van der Waals surface area contributed by atoms with Crippen LogP contribution in [0.15, 0.2) is 28.7 Å². The van der Waals surface area contributed by atoms with Crippen molar-refractivity contribution >= 4 is 21.9 Å². The zero-order valence-electron chi connectivity index (χ0n) is 9.90. The number of aromatic amines is 1. The van der Waals surface area contributed by atoms with Crippen LogP contribution in [-0.4, -0.2) is 21.0 Å². The van der Waals surface area contributed by atoms with Gasteiger partial charge in [-0.3, -0.25) is 0 Å². The number of nitrogens with one attached hydrogen (secondary N) is 1. The van der Waals surface area contributed by atoms with Crippen LogP contribution in [0.5, 0.6) is 0 Å². The Hall–Kier alpha value is -1.62. The van der Waals surface area contributed by atoms with Crippen LogP contribution in [-0.2, 0) is 12.8 Å². The van der Waals surface area contributed by atoms with E-state index in [2.05, 4.69) is 25.9 Å². The molecule has 94 valence electrons. The number of benzene rings is 1. The maximum atomic E-state index is 11.0. The van der Waals surface area contributed by atoms with Gasteiger partial charge in [-0.05, 0) is 37.5 Å². The Kier molecular flexibility index (Phi) is 3.81. The number of hydrogen-bond donors (Lipinski definition) is 2. The van der Waals surface area contributed by atoms with E-state index in [1.54, 1.807) is 6.92 Å². The van der Waals surface area contributed by atoms with Gasteiger partial charge in [0.2, 0.25) is 0 Å². The predicted octanol–water partition coefficient (Wildman–Crippen LogP) is 2.96. The number of aromatic nitrogens is 2. The van der Waals surface area contributed by atoms with Gasteiger partial charge >= 0.3 is 5.97 Å². The van der Waals surface area contributed by atoms with Crippen LogP contribution in [0, 0.1) is 6.92 Å². The highest BCUT2D eigenvalue weighted by Crippen LogP contribution is 2.15. The van der Waals surface area contributed by atoms with Gasteiger partial charge < -0.3 is 10.1 Å². The van der Waals surface area contributed by atoms with Gasteiger partial charge in [-0.25, -0.2) is 9.78 Å². The smallest absolute Gasteiger partial charge is 0.356 e. The Labute approximate surface area is 113 Å². The second-order valence-corrected chi connectivity index (χ2v) is 5.00. The van der Waals surface area contributed by atoms with Crippen molar-refractivity contribution in [3.8, 4) is 0 Å². The molecule has 18 heavy (non-hydrogen) atoms. The Balaban J connectivity index is 2.13. The van der Waals surface area contributed by atoms with Crippen LogP contribution in [0.2, 0.25) is 0 Å². The van der Waals surface area contributed by atoms with Crippen LogP contribution >= 0.6 is 15.9 Å². The third-order valence-corrected chi connectivity index (χ3v) is 3.15. The average molecular weight is 309 g/mol. The van der Waals surface area contributed by atoms with Crippen LogP contribution < -0.4 is 0 Å². The van der Waals surface area contributed by atoms with Gasteiger partial charge in [-0.1, -0.05) is 28.1 Å². The predicted molar refractivity (Wildman–Crippen MR) is 71.8 cm³/mol. The summed E-state index contributed by atoms with van der Waals surface area (Å²) >= 11 is 3.42. The summed E-state index contributed by atoms with van der Waals surface area (Å²) < 4.78 is 1.03. The number of halogens is 1. The SMILES string of the molecule is Cc1nc(C(=O)O)c(CCc2cccc(Br)c2)[nH]1. The van der Waals surface area contributed by atoms with E-state index in [1.807, 2.05) is 24.3 Å². The summed E-state index contributed by atoms with van der Waals surface area (Å²) in [6.07, 6.45) is 1.42. The number of hydrogen-bond acceptors (Lipinski definition) is 2. The molecule has 0 atom stereocenters. The number of carbonyl (C=O) groups is 1. The first-order valence-electron chi connectivity index (χ1n) is 5.59. The minimum Gasteiger partial charge on any atom is -0.476 e. The molecule has 0 amide bonds. The molecule has 0 aliphatic carbocycles. The second-order valence-electron chi connectivity index (χ2n) is 4.08. The van der Waals surface area contributed by atoms with Gasteiger partial charge in [0.15, 0.2) is 5.69 Å². The molecule has 2 aromatic rings. The summed E-state index contributed by atoms with van der Waals surface area (Å²) in [5, 5.41) is 9.03. The monoisotopic (exact) mass is 308 g/mol. The summed E-state index contributed by atoms with van der Waals surface area (Å²) in [6, 6.07) is 7.99. The van der Waals surface area contributed by atoms with Crippen LogP contribution in [0.25, 0.3) is 0 Å². The number of imidazole rings is 1. The number of nitrogens with zero attached hydrogens (tertiary/aromatic N) is 1. The number of H-pyrrole nitrogens is 1. The van der Waals surface area contributed by atoms with Gasteiger partial charge in [0.25, 0.3) is 0 Å². The second kappa shape index (κ2) is 5.35. The van der Waals surface area contributed by atoms with Gasteiger partial charge in [0, 0.05) is 10.2 Å². The molecular weight excluding hydrogens is 296 g/mol. The van der Waals surface area contributed by atoms with E-state index in [0.29, 0.717) is 17.9 Å². The van der Waals surface area contributed by atoms with Gasteiger partial charge in [0.1, 0.15) is 5.82 Å². The Morgan fingerprint density at radius 3 is 2.89 bits per heavy atom. The molecule has 4 nitrogen and oxygen atoms in total. The molecule has 0 saturated heterocycles. The van der Waals surface area contributed by atoms with Crippen LogP contribution in [0.1, 0.15) is 27.6 Å². The molecule has 0 spiro atoms. The molecule has 5 heteroatoms. The van der Waals surface area contributed by atoms with Crippen molar-refractivity contribution in [3.63, 3.8) is 0 Å². The highest BCUT2D eigenvalue weighted by molar-refractivity contribution is 9.10. The van der Waals surface area contributed by atoms with E-state index in [0.717, 1.165) is 16.5 Å². The number of aromatic carboxylic acids is 1. The first-order chi connectivity index (χ1) is 8.56. The molecule has 0 radical (unpaired) electrons. The van der Waals surface area contributed by atoms with Crippen molar-refractivity contribution in [2.75, 3.05) is 0 Å². The van der Waals surface area contributed by atoms with Crippen molar-refractivity contribution in [1.82, 2.24) is 9.97 Å². The fraction of sp³-hybridized carbons (Fsp3) is 0.231. The lowest BCUT2D eigenvalue weighted by Gasteiger charge is -2.01. The molecule has 0 fully saturated rings. The fourth-order valence-corrected chi connectivity index (χ4v) is 2.31. The van der Waals surface area contributed by atoms with Crippen molar-refractivity contribution in [1.29, 1.82) is 0 Å². The van der Waals surface area contributed by atoms with Crippen molar-refractivity contribution in [3.05, 3.63) is 51.5 Å². The van der Waals surface area contributed by atoms with E-state index < -0.39 is 5.97 Å². The largest absolute Gasteiger partial charge is 0.476 e. The summed E-state index contributed by atoms with van der Waals surface area (Å²) in [5.41, 5.74) is 1.97. The quantitative estimate of drug-likeness (QED) is 0.912. The zero-order valence-corrected chi connectivity index (χ0v) is 11.5. The highest BCUT2D eigenvalue weighted by Gasteiger charge is 2.14.